The number of benzene rings is 3. The summed E-state index contributed by atoms with van der Waals surface area (Å²) in [7, 11) is 1.89. The van der Waals surface area contributed by atoms with Gasteiger partial charge in [-0.25, -0.2) is 4.39 Å². The Kier molecular flexibility index (Phi) is 9.31. The van der Waals surface area contributed by atoms with Gasteiger partial charge in [0.05, 0.1) is 11.1 Å². The van der Waals surface area contributed by atoms with E-state index in [1.165, 1.54) is 23.3 Å². The number of rotatable bonds is 10. The van der Waals surface area contributed by atoms with Crippen molar-refractivity contribution in [3.63, 3.8) is 0 Å². The first kappa shape index (κ1) is 26.1. The van der Waals surface area contributed by atoms with Gasteiger partial charge in [-0.05, 0) is 82.6 Å². The van der Waals surface area contributed by atoms with Crippen molar-refractivity contribution in [3.8, 4) is 5.75 Å². The van der Waals surface area contributed by atoms with Crippen molar-refractivity contribution in [2.75, 3.05) is 33.3 Å². The number of carbonyl (C=O) groups excluding carboxylic acids is 1. The van der Waals surface area contributed by atoms with Crippen LogP contribution in [0.3, 0.4) is 0 Å². The van der Waals surface area contributed by atoms with E-state index in [2.05, 4.69) is 57.6 Å². The van der Waals surface area contributed by atoms with Crippen molar-refractivity contribution < 1.29 is 13.9 Å². The molecule has 4 nitrogen and oxygen atoms in total. The van der Waals surface area contributed by atoms with Crippen molar-refractivity contribution in [2.45, 2.75) is 25.7 Å². The normalized spacial score (nSPS) is 13.5. The minimum absolute atomic E-state index is 0.0952. The van der Waals surface area contributed by atoms with Crippen LogP contribution in [0.15, 0.2) is 82.8 Å². The van der Waals surface area contributed by atoms with E-state index in [4.69, 9.17) is 4.74 Å². The average Bonchev–Trinajstić information content (AvgIpc) is 2.92. The second kappa shape index (κ2) is 12.8. The quantitative estimate of drug-likeness (QED) is 0.312. The van der Waals surface area contributed by atoms with Crippen LogP contribution in [0, 0.1) is 5.82 Å². The van der Waals surface area contributed by atoms with Gasteiger partial charge in [0.1, 0.15) is 11.6 Å². The molecular formula is C30H32BrFN2O2. The molecule has 1 amide bonds. The molecule has 0 radical (unpaired) electrons. The van der Waals surface area contributed by atoms with Gasteiger partial charge in [0, 0.05) is 31.8 Å². The molecular weight excluding hydrogens is 519 g/mol. The highest BCUT2D eigenvalue weighted by atomic mass is 79.9. The monoisotopic (exact) mass is 550 g/mol. The highest BCUT2D eigenvalue weighted by Gasteiger charge is 2.22. The predicted octanol–water partition coefficient (Wildman–Crippen LogP) is 6.05. The maximum absolute atomic E-state index is 13.4. The largest absolute Gasteiger partial charge is 0.492 e. The first-order valence-electron chi connectivity index (χ1n) is 12.4. The van der Waals surface area contributed by atoms with Gasteiger partial charge < -0.3 is 15.0 Å². The summed E-state index contributed by atoms with van der Waals surface area (Å²) in [5.74, 6) is 0.309. The Bertz CT molecular complexity index is 1200. The summed E-state index contributed by atoms with van der Waals surface area (Å²) in [5.41, 5.74) is 5.55. The molecule has 0 unspecified atom stereocenters. The molecule has 0 atom stereocenters. The molecule has 36 heavy (non-hydrogen) atoms. The van der Waals surface area contributed by atoms with Crippen LogP contribution in [-0.2, 0) is 17.6 Å². The molecule has 6 heteroatoms. The topological polar surface area (TPSA) is 41.6 Å². The number of amides is 1. The van der Waals surface area contributed by atoms with Gasteiger partial charge in [-0.1, -0.05) is 54.6 Å². The lowest BCUT2D eigenvalue weighted by Crippen LogP contribution is -2.36. The van der Waals surface area contributed by atoms with Crippen LogP contribution in [0.4, 0.5) is 4.39 Å². The van der Waals surface area contributed by atoms with Crippen LogP contribution in [-0.4, -0.2) is 44.1 Å². The molecule has 1 aliphatic rings. The summed E-state index contributed by atoms with van der Waals surface area (Å²) in [5, 5.41) is 3.36. The standard InChI is InChI=1S/C30H32BrFN2O2/c1-34(18-16-22-6-3-2-4-7-22)30(35)27-21-33-17-15-26(27)24-11-9-23(10-12-24)8-5-19-36-29-20-25(32)13-14-28(29)31/h2-4,6-7,9-14,20,33H,5,8,15-19,21H2,1H3. The van der Waals surface area contributed by atoms with Crippen molar-refractivity contribution in [1.29, 1.82) is 0 Å². The third kappa shape index (κ3) is 7.05. The van der Waals surface area contributed by atoms with Crippen molar-refractivity contribution in [3.05, 3.63) is 105 Å². The van der Waals surface area contributed by atoms with Crippen LogP contribution in [0.2, 0.25) is 0 Å². The number of likely N-dealkylation sites (N-methyl/N-ethyl adjacent to an activating group) is 1. The number of hydrogen-bond donors (Lipinski definition) is 1. The zero-order valence-corrected chi connectivity index (χ0v) is 22.2. The molecule has 0 aliphatic carbocycles. The highest BCUT2D eigenvalue weighted by molar-refractivity contribution is 9.10. The van der Waals surface area contributed by atoms with Crippen LogP contribution in [0.5, 0.6) is 5.75 Å². The summed E-state index contributed by atoms with van der Waals surface area (Å²) in [4.78, 5) is 15.1. The lowest BCUT2D eigenvalue weighted by molar-refractivity contribution is -0.125. The SMILES string of the molecule is CN(CCc1ccccc1)C(=O)C1=C(c2ccc(CCCOc3cc(F)ccc3Br)cc2)CCNC1. The molecule has 3 aromatic carbocycles. The van der Waals surface area contributed by atoms with E-state index in [0.717, 1.165) is 53.4 Å². The molecule has 0 spiro atoms. The predicted molar refractivity (Wildman–Crippen MR) is 147 cm³/mol. The second-order valence-electron chi connectivity index (χ2n) is 9.07. The minimum atomic E-state index is -0.309. The van der Waals surface area contributed by atoms with Crippen LogP contribution >= 0.6 is 15.9 Å². The van der Waals surface area contributed by atoms with Crippen molar-refractivity contribution in [2.24, 2.45) is 0 Å². The first-order chi connectivity index (χ1) is 17.5. The van der Waals surface area contributed by atoms with E-state index in [1.807, 2.05) is 30.1 Å². The van der Waals surface area contributed by atoms with Gasteiger partial charge in [-0.2, -0.15) is 0 Å². The fourth-order valence-electron chi connectivity index (χ4n) is 4.40. The molecule has 1 N–H and O–H groups in total. The van der Waals surface area contributed by atoms with Crippen LogP contribution < -0.4 is 10.1 Å². The number of nitrogens with one attached hydrogen (secondary N) is 1. The van der Waals surface area contributed by atoms with E-state index in [0.29, 0.717) is 25.4 Å². The molecule has 4 rings (SSSR count). The van der Waals surface area contributed by atoms with Gasteiger partial charge in [0.15, 0.2) is 0 Å². The Morgan fingerprint density at radius 2 is 1.78 bits per heavy atom. The Balaban J connectivity index is 1.35. The second-order valence-corrected chi connectivity index (χ2v) is 9.92. The van der Waals surface area contributed by atoms with Gasteiger partial charge in [0.2, 0.25) is 0 Å². The maximum Gasteiger partial charge on any atom is 0.251 e. The molecule has 0 fully saturated rings. The Morgan fingerprint density at radius 1 is 1.03 bits per heavy atom. The molecule has 1 aliphatic heterocycles. The maximum atomic E-state index is 13.4. The summed E-state index contributed by atoms with van der Waals surface area (Å²) < 4.78 is 19.9. The fraction of sp³-hybridized carbons (Fsp3) is 0.300. The van der Waals surface area contributed by atoms with Gasteiger partial charge in [0.25, 0.3) is 5.91 Å². The molecule has 0 saturated carbocycles. The summed E-state index contributed by atoms with van der Waals surface area (Å²) in [6.07, 6.45) is 3.36. The first-order valence-corrected chi connectivity index (χ1v) is 13.2. The fourth-order valence-corrected chi connectivity index (χ4v) is 4.76. The van der Waals surface area contributed by atoms with Crippen molar-refractivity contribution >= 4 is 27.4 Å². The smallest absolute Gasteiger partial charge is 0.251 e. The van der Waals surface area contributed by atoms with E-state index < -0.39 is 0 Å². The zero-order chi connectivity index (χ0) is 25.3. The molecule has 3 aromatic rings. The lowest BCUT2D eigenvalue weighted by Gasteiger charge is -2.25. The number of nitrogens with zero attached hydrogens (tertiary/aromatic N) is 1. The van der Waals surface area contributed by atoms with E-state index in [-0.39, 0.29) is 11.7 Å². The summed E-state index contributed by atoms with van der Waals surface area (Å²) >= 11 is 3.39. The van der Waals surface area contributed by atoms with E-state index in [1.54, 1.807) is 6.07 Å². The van der Waals surface area contributed by atoms with Gasteiger partial charge in [-0.15, -0.1) is 0 Å². The molecule has 0 aromatic heterocycles. The number of hydrogen-bond acceptors (Lipinski definition) is 3. The number of aryl methyl sites for hydroxylation is 1. The van der Waals surface area contributed by atoms with E-state index >= 15 is 0 Å². The Morgan fingerprint density at radius 3 is 2.56 bits per heavy atom. The Hall–Kier alpha value is -2.96. The van der Waals surface area contributed by atoms with Gasteiger partial charge in [-0.3, -0.25) is 4.79 Å². The highest BCUT2D eigenvalue weighted by Crippen LogP contribution is 2.27. The molecule has 1 heterocycles. The number of halogens is 2. The third-order valence-electron chi connectivity index (χ3n) is 6.46. The van der Waals surface area contributed by atoms with E-state index in [9.17, 15) is 9.18 Å². The molecule has 0 bridgehead atoms. The lowest BCUT2D eigenvalue weighted by atomic mass is 9.92. The third-order valence-corrected chi connectivity index (χ3v) is 7.12. The zero-order valence-electron chi connectivity index (χ0n) is 20.6. The number of ether oxygens (including phenoxy) is 1. The summed E-state index contributed by atoms with van der Waals surface area (Å²) in [6.45, 7) is 2.66. The summed E-state index contributed by atoms with van der Waals surface area (Å²) in [6, 6.07) is 23.2. The minimum Gasteiger partial charge on any atom is -0.492 e. The van der Waals surface area contributed by atoms with Gasteiger partial charge >= 0.3 is 0 Å². The van der Waals surface area contributed by atoms with Crippen LogP contribution in [0.25, 0.3) is 5.57 Å². The number of carbonyl (C=O) groups is 1. The van der Waals surface area contributed by atoms with Crippen LogP contribution in [0.1, 0.15) is 29.5 Å². The van der Waals surface area contributed by atoms with Crippen molar-refractivity contribution in [1.82, 2.24) is 10.2 Å². The average molecular weight is 552 g/mol. The Labute approximate surface area is 221 Å². The molecule has 0 saturated heterocycles. The molecule has 188 valence electrons.